The van der Waals surface area contributed by atoms with E-state index < -0.39 is 28.9 Å². The minimum atomic E-state index is -1.09. The van der Waals surface area contributed by atoms with Gasteiger partial charge in [0.05, 0.1) is 24.9 Å². The maximum atomic E-state index is 13.7. The Balaban J connectivity index is 1.67. The summed E-state index contributed by atoms with van der Waals surface area (Å²) in [6, 6.07) is -1.22. The van der Waals surface area contributed by atoms with Crippen molar-refractivity contribution in [1.82, 2.24) is 20.9 Å². The molecule has 1 heterocycles. The van der Waals surface area contributed by atoms with Crippen molar-refractivity contribution < 1.29 is 28.7 Å². The zero-order valence-electron chi connectivity index (χ0n) is 22.7. The largest absolute Gasteiger partial charge is 0.378 e. The third-order valence-corrected chi connectivity index (χ3v) is 8.25. The number of ketones is 1. The number of hydrogen-bond donors (Lipinski definition) is 3. The summed E-state index contributed by atoms with van der Waals surface area (Å²) in [5, 5.41) is 8.66. The van der Waals surface area contributed by atoms with Gasteiger partial charge in [-0.15, -0.1) is 0 Å². The number of Topliss-reactive ketones (excluding diaryl/α,β-unsaturated/α-hetero) is 1. The minimum absolute atomic E-state index is 0.280. The summed E-state index contributed by atoms with van der Waals surface area (Å²) in [6.45, 7) is 4.18. The minimum Gasteiger partial charge on any atom is -0.378 e. The van der Waals surface area contributed by atoms with Crippen LogP contribution in [-0.4, -0.2) is 85.7 Å². The zero-order chi connectivity index (χ0) is 26.7. The lowest BCUT2D eigenvalue weighted by molar-refractivity contribution is -0.142. The highest BCUT2D eigenvalue weighted by atomic mass is 16.5. The summed E-state index contributed by atoms with van der Waals surface area (Å²) in [5.74, 6) is -1.72. The highest BCUT2D eigenvalue weighted by molar-refractivity contribution is 6.38. The van der Waals surface area contributed by atoms with E-state index in [0.29, 0.717) is 52.0 Å². The third kappa shape index (κ3) is 7.89. The molecule has 2 saturated carbocycles. The Hall–Kier alpha value is -2.20. The molecular formula is C27H46N4O6. The highest BCUT2D eigenvalue weighted by Crippen LogP contribution is 2.31. The number of methoxy groups -OCH3 is 1. The van der Waals surface area contributed by atoms with Gasteiger partial charge in [0.25, 0.3) is 5.91 Å². The lowest BCUT2D eigenvalue weighted by Gasteiger charge is -2.39. The molecule has 4 amide bonds. The van der Waals surface area contributed by atoms with Crippen LogP contribution >= 0.6 is 0 Å². The monoisotopic (exact) mass is 522 g/mol. The summed E-state index contributed by atoms with van der Waals surface area (Å²) in [6.07, 6.45) is 10.4. The number of nitrogens with one attached hydrogen (secondary N) is 3. The second-order valence-corrected chi connectivity index (χ2v) is 10.8. The van der Waals surface area contributed by atoms with E-state index >= 15 is 0 Å². The van der Waals surface area contributed by atoms with Crippen LogP contribution in [0.2, 0.25) is 0 Å². The molecule has 0 bridgehead atoms. The van der Waals surface area contributed by atoms with Crippen LogP contribution < -0.4 is 16.0 Å². The van der Waals surface area contributed by atoms with Gasteiger partial charge in [0.1, 0.15) is 5.54 Å². The van der Waals surface area contributed by atoms with Gasteiger partial charge in [0.15, 0.2) is 0 Å². The number of rotatable bonds is 11. The van der Waals surface area contributed by atoms with Gasteiger partial charge in [0, 0.05) is 26.7 Å². The third-order valence-electron chi connectivity index (χ3n) is 8.25. The first-order valence-corrected chi connectivity index (χ1v) is 14.2. The summed E-state index contributed by atoms with van der Waals surface area (Å²) < 4.78 is 11.1. The van der Waals surface area contributed by atoms with E-state index in [0.717, 1.165) is 57.8 Å². The molecule has 2 aliphatic carbocycles. The molecule has 0 aromatic rings. The van der Waals surface area contributed by atoms with E-state index in [4.69, 9.17) is 9.47 Å². The van der Waals surface area contributed by atoms with Crippen LogP contribution in [0.1, 0.15) is 90.4 Å². The molecule has 3 rings (SSSR count). The fraction of sp³-hybridized carbons (Fsp3) is 0.852. The maximum absolute atomic E-state index is 13.7. The summed E-state index contributed by atoms with van der Waals surface area (Å²) in [4.78, 5) is 54.5. The number of ether oxygens (including phenoxy) is 2. The van der Waals surface area contributed by atoms with E-state index in [9.17, 15) is 19.2 Å². The molecule has 1 unspecified atom stereocenters. The quantitative estimate of drug-likeness (QED) is 0.358. The van der Waals surface area contributed by atoms with Crippen molar-refractivity contribution in [2.24, 2.45) is 0 Å². The van der Waals surface area contributed by atoms with Crippen LogP contribution in [0.15, 0.2) is 0 Å². The Kier molecular flexibility index (Phi) is 11.2. The molecule has 3 aliphatic rings. The Labute approximate surface area is 220 Å². The standard InChI is InChI=1S/C27H46N4O6/c1-3-4-11-21(22(32)23(33)28-20-26(36-2)12-7-5-8-13-26)29-24(34)27(14-9-6-10-15-27)30-25(35)31-16-18-37-19-17-31/h21H,3-20H2,1-2H3,(H,28,33)(H,29,34)(H,30,35). The number of urea groups is 1. The van der Waals surface area contributed by atoms with Gasteiger partial charge < -0.3 is 30.3 Å². The molecule has 1 saturated heterocycles. The normalized spacial score (nSPS) is 21.9. The molecule has 37 heavy (non-hydrogen) atoms. The van der Waals surface area contributed by atoms with Gasteiger partial charge in [-0.3, -0.25) is 14.4 Å². The van der Waals surface area contributed by atoms with E-state index in [2.05, 4.69) is 16.0 Å². The number of amides is 4. The van der Waals surface area contributed by atoms with Crippen molar-refractivity contribution in [3.05, 3.63) is 0 Å². The van der Waals surface area contributed by atoms with Gasteiger partial charge in [-0.25, -0.2) is 4.79 Å². The fourth-order valence-corrected chi connectivity index (χ4v) is 5.72. The van der Waals surface area contributed by atoms with Crippen molar-refractivity contribution >= 4 is 23.6 Å². The Morgan fingerprint density at radius 3 is 2.16 bits per heavy atom. The van der Waals surface area contributed by atoms with Crippen LogP contribution in [0.25, 0.3) is 0 Å². The van der Waals surface area contributed by atoms with Crippen molar-refractivity contribution in [1.29, 1.82) is 0 Å². The van der Waals surface area contributed by atoms with Crippen LogP contribution in [0.5, 0.6) is 0 Å². The van der Waals surface area contributed by atoms with Crippen molar-refractivity contribution in [2.75, 3.05) is 40.0 Å². The zero-order valence-corrected chi connectivity index (χ0v) is 22.7. The molecule has 1 aliphatic heterocycles. The molecule has 10 heteroatoms. The topological polar surface area (TPSA) is 126 Å². The average molecular weight is 523 g/mol. The number of morpholine rings is 1. The number of carbonyl (C=O) groups is 4. The van der Waals surface area contributed by atoms with Gasteiger partial charge in [-0.1, -0.05) is 58.3 Å². The second kappa shape index (κ2) is 14.1. The first-order chi connectivity index (χ1) is 17.8. The number of carbonyl (C=O) groups excluding carboxylic acids is 4. The molecule has 0 radical (unpaired) electrons. The summed E-state index contributed by atoms with van der Waals surface area (Å²) in [7, 11) is 1.65. The molecule has 0 aromatic heterocycles. The number of nitrogens with zero attached hydrogens (tertiary/aromatic N) is 1. The predicted molar refractivity (Wildman–Crippen MR) is 139 cm³/mol. The smallest absolute Gasteiger partial charge is 0.318 e. The van der Waals surface area contributed by atoms with Gasteiger partial charge in [-0.2, -0.15) is 0 Å². The Morgan fingerprint density at radius 2 is 1.57 bits per heavy atom. The van der Waals surface area contributed by atoms with Gasteiger partial charge in [0.2, 0.25) is 11.7 Å². The number of unbranched alkanes of at least 4 members (excludes halogenated alkanes) is 1. The average Bonchev–Trinajstić information content (AvgIpc) is 2.94. The molecule has 0 spiro atoms. The lowest BCUT2D eigenvalue weighted by atomic mass is 9.80. The van der Waals surface area contributed by atoms with Gasteiger partial charge >= 0.3 is 6.03 Å². The van der Waals surface area contributed by atoms with Crippen molar-refractivity contribution in [3.8, 4) is 0 Å². The Bertz CT molecular complexity index is 786. The van der Waals surface area contributed by atoms with Crippen molar-refractivity contribution in [2.45, 2.75) is 108 Å². The fourth-order valence-electron chi connectivity index (χ4n) is 5.72. The highest BCUT2D eigenvalue weighted by Gasteiger charge is 2.44. The lowest BCUT2D eigenvalue weighted by Crippen LogP contribution is -2.64. The molecule has 3 fully saturated rings. The van der Waals surface area contributed by atoms with E-state index in [1.54, 1.807) is 12.0 Å². The van der Waals surface area contributed by atoms with Crippen LogP contribution in [0, 0.1) is 0 Å². The molecule has 10 nitrogen and oxygen atoms in total. The van der Waals surface area contributed by atoms with Crippen LogP contribution in [0.3, 0.4) is 0 Å². The SMILES string of the molecule is CCCCC(NC(=O)C1(NC(=O)N2CCOCC2)CCCCC1)C(=O)C(=O)NCC1(OC)CCCCC1. The maximum Gasteiger partial charge on any atom is 0.318 e. The first-order valence-electron chi connectivity index (χ1n) is 14.2. The first kappa shape index (κ1) is 29.4. The molecule has 3 N–H and O–H groups in total. The number of hydrogen-bond acceptors (Lipinski definition) is 6. The molecule has 1 atom stereocenters. The van der Waals surface area contributed by atoms with E-state index in [1.165, 1.54) is 0 Å². The van der Waals surface area contributed by atoms with Crippen molar-refractivity contribution in [3.63, 3.8) is 0 Å². The summed E-state index contributed by atoms with van der Waals surface area (Å²) in [5.41, 5.74) is -1.52. The molecule has 210 valence electrons. The summed E-state index contributed by atoms with van der Waals surface area (Å²) >= 11 is 0. The molecular weight excluding hydrogens is 476 g/mol. The molecule has 0 aromatic carbocycles. The Morgan fingerprint density at radius 1 is 0.946 bits per heavy atom. The predicted octanol–water partition coefficient (Wildman–Crippen LogP) is 2.44. The second-order valence-electron chi connectivity index (χ2n) is 10.8. The van der Waals surface area contributed by atoms with Crippen LogP contribution in [0.4, 0.5) is 4.79 Å². The van der Waals surface area contributed by atoms with Gasteiger partial charge in [-0.05, 0) is 32.1 Å². The van der Waals surface area contributed by atoms with E-state index in [1.807, 2.05) is 6.92 Å². The van der Waals surface area contributed by atoms with Crippen LogP contribution in [-0.2, 0) is 23.9 Å². The van der Waals surface area contributed by atoms with E-state index in [-0.39, 0.29) is 18.5 Å².